The minimum Gasteiger partial charge on any atom is -0.506 e. The first-order chi connectivity index (χ1) is 15.6. The topological polar surface area (TPSA) is 93.5 Å². The van der Waals surface area contributed by atoms with E-state index >= 15 is 0 Å². The predicted molar refractivity (Wildman–Crippen MR) is 124 cm³/mol. The number of phenolic OH excluding ortho intramolecular Hbond substituents is 1. The van der Waals surface area contributed by atoms with Gasteiger partial charge in [0.25, 0.3) is 0 Å². The number of nitrogens with zero attached hydrogens (tertiary/aromatic N) is 5. The SMILES string of the molecule is Clc1ncnc2c(OCCN3CCOCC3)cccc12.Oc1cccc2c(Cl)ncnc12. The van der Waals surface area contributed by atoms with Crippen molar-refractivity contribution in [3.63, 3.8) is 0 Å². The molecule has 0 amide bonds. The molecule has 2 aromatic heterocycles. The third-order valence-corrected chi connectivity index (χ3v) is 5.55. The van der Waals surface area contributed by atoms with Crippen LogP contribution in [0, 0.1) is 0 Å². The second-order valence-corrected chi connectivity index (χ2v) is 7.67. The van der Waals surface area contributed by atoms with E-state index in [1.807, 2.05) is 18.2 Å². The van der Waals surface area contributed by atoms with Crippen molar-refractivity contribution in [2.24, 2.45) is 0 Å². The highest BCUT2D eigenvalue weighted by molar-refractivity contribution is 6.34. The quantitative estimate of drug-likeness (QED) is 0.444. The Balaban J connectivity index is 0.000000174. The fourth-order valence-electron chi connectivity index (χ4n) is 3.30. The number of halogens is 2. The van der Waals surface area contributed by atoms with E-state index in [9.17, 15) is 5.11 Å². The number of para-hydroxylation sites is 2. The van der Waals surface area contributed by atoms with E-state index in [2.05, 4.69) is 24.8 Å². The van der Waals surface area contributed by atoms with Crippen LogP contribution in [0.4, 0.5) is 0 Å². The molecule has 3 heterocycles. The highest BCUT2D eigenvalue weighted by Crippen LogP contribution is 2.27. The summed E-state index contributed by atoms with van der Waals surface area (Å²) in [6, 6.07) is 10.7. The molecule has 2 aromatic carbocycles. The van der Waals surface area contributed by atoms with Gasteiger partial charge < -0.3 is 14.6 Å². The Morgan fingerprint density at radius 3 is 2.19 bits per heavy atom. The predicted octanol–water partition coefficient (Wildman–Crippen LogP) is 3.98. The van der Waals surface area contributed by atoms with Crippen molar-refractivity contribution in [1.29, 1.82) is 0 Å². The zero-order valence-corrected chi connectivity index (χ0v) is 18.6. The Morgan fingerprint density at radius 1 is 0.875 bits per heavy atom. The molecular formula is C22H21Cl2N5O3. The van der Waals surface area contributed by atoms with Gasteiger partial charge in [-0.1, -0.05) is 35.3 Å². The normalized spacial score (nSPS) is 14.2. The molecule has 166 valence electrons. The maximum Gasteiger partial charge on any atom is 0.145 e. The number of aromatic hydroxyl groups is 1. The molecule has 1 N–H and O–H groups in total. The van der Waals surface area contributed by atoms with E-state index in [0.717, 1.165) is 49.5 Å². The maximum atomic E-state index is 9.35. The molecule has 5 rings (SSSR count). The smallest absolute Gasteiger partial charge is 0.145 e. The van der Waals surface area contributed by atoms with Gasteiger partial charge in [0.1, 0.15) is 52.1 Å². The zero-order chi connectivity index (χ0) is 22.3. The Morgan fingerprint density at radius 2 is 1.50 bits per heavy atom. The van der Waals surface area contributed by atoms with Crippen molar-refractivity contribution < 1.29 is 14.6 Å². The number of ether oxygens (including phenoxy) is 2. The number of rotatable bonds is 4. The van der Waals surface area contributed by atoms with Gasteiger partial charge in [0, 0.05) is 30.4 Å². The Bertz CT molecular complexity index is 1160. The van der Waals surface area contributed by atoms with Crippen LogP contribution in [0.1, 0.15) is 0 Å². The van der Waals surface area contributed by atoms with E-state index in [1.165, 1.54) is 12.7 Å². The lowest BCUT2D eigenvalue weighted by atomic mass is 10.2. The maximum absolute atomic E-state index is 9.35. The minimum absolute atomic E-state index is 0.122. The van der Waals surface area contributed by atoms with E-state index < -0.39 is 0 Å². The molecule has 0 atom stereocenters. The number of hydrogen-bond donors (Lipinski definition) is 1. The molecule has 0 bridgehead atoms. The number of phenols is 1. The van der Waals surface area contributed by atoms with Gasteiger partial charge in [-0.2, -0.15) is 0 Å². The summed E-state index contributed by atoms with van der Waals surface area (Å²) < 4.78 is 11.2. The summed E-state index contributed by atoms with van der Waals surface area (Å²) in [5.41, 5.74) is 1.24. The lowest BCUT2D eigenvalue weighted by Gasteiger charge is -2.26. The van der Waals surface area contributed by atoms with E-state index in [-0.39, 0.29) is 5.75 Å². The van der Waals surface area contributed by atoms with Crippen LogP contribution in [0.3, 0.4) is 0 Å². The van der Waals surface area contributed by atoms with Gasteiger partial charge in [0.15, 0.2) is 0 Å². The van der Waals surface area contributed by atoms with E-state index in [1.54, 1.807) is 18.2 Å². The van der Waals surface area contributed by atoms with Crippen LogP contribution in [-0.2, 0) is 4.74 Å². The van der Waals surface area contributed by atoms with Crippen molar-refractivity contribution in [3.05, 3.63) is 59.4 Å². The summed E-state index contributed by atoms with van der Waals surface area (Å²) in [4.78, 5) is 18.2. The standard InChI is InChI=1S/C14H16ClN3O2.C8H5ClN2O/c15-14-11-2-1-3-12(13(11)16-10-17-14)20-9-6-18-4-7-19-8-5-18;9-8-5-2-1-3-6(12)7(5)10-4-11-8/h1-3,10H,4-9H2;1-4,12H. The summed E-state index contributed by atoms with van der Waals surface area (Å²) in [6.45, 7) is 5.05. The van der Waals surface area contributed by atoms with Gasteiger partial charge in [-0.05, 0) is 24.3 Å². The van der Waals surface area contributed by atoms with Gasteiger partial charge >= 0.3 is 0 Å². The first-order valence-electron chi connectivity index (χ1n) is 10.0. The molecule has 0 unspecified atom stereocenters. The molecule has 0 spiro atoms. The average molecular weight is 474 g/mol. The molecule has 8 nitrogen and oxygen atoms in total. The van der Waals surface area contributed by atoms with Crippen LogP contribution >= 0.6 is 23.2 Å². The van der Waals surface area contributed by atoms with Crippen LogP contribution in [0.5, 0.6) is 11.5 Å². The van der Waals surface area contributed by atoms with Gasteiger partial charge in [0.05, 0.1) is 13.2 Å². The molecular weight excluding hydrogens is 453 g/mol. The van der Waals surface area contributed by atoms with Crippen molar-refractivity contribution in [3.8, 4) is 11.5 Å². The third kappa shape index (κ3) is 5.34. The summed E-state index contributed by atoms with van der Waals surface area (Å²) in [7, 11) is 0. The fourth-order valence-corrected chi connectivity index (χ4v) is 3.69. The first kappa shape index (κ1) is 22.4. The van der Waals surface area contributed by atoms with Crippen molar-refractivity contribution >= 4 is 45.0 Å². The summed E-state index contributed by atoms with van der Waals surface area (Å²) >= 11 is 11.8. The molecule has 32 heavy (non-hydrogen) atoms. The molecule has 0 aliphatic carbocycles. The van der Waals surface area contributed by atoms with Gasteiger partial charge in [0.2, 0.25) is 0 Å². The molecule has 1 fully saturated rings. The summed E-state index contributed by atoms with van der Waals surface area (Å²) in [5, 5.41) is 11.6. The van der Waals surface area contributed by atoms with Crippen LogP contribution in [0.25, 0.3) is 21.8 Å². The Hall–Kier alpha value is -2.78. The van der Waals surface area contributed by atoms with Crippen molar-refractivity contribution in [1.82, 2.24) is 24.8 Å². The third-order valence-electron chi connectivity index (χ3n) is 4.94. The molecule has 0 radical (unpaired) electrons. The second kappa shape index (κ2) is 10.7. The Kier molecular flexibility index (Phi) is 7.49. The fraction of sp³-hybridized carbons (Fsp3) is 0.273. The van der Waals surface area contributed by atoms with Crippen molar-refractivity contribution in [2.45, 2.75) is 0 Å². The number of hydrogen-bond acceptors (Lipinski definition) is 8. The largest absolute Gasteiger partial charge is 0.506 e. The number of benzene rings is 2. The lowest BCUT2D eigenvalue weighted by molar-refractivity contribution is 0.0323. The minimum atomic E-state index is 0.122. The van der Waals surface area contributed by atoms with Crippen LogP contribution < -0.4 is 4.74 Å². The molecule has 0 saturated carbocycles. The van der Waals surface area contributed by atoms with E-state index in [0.29, 0.717) is 27.8 Å². The average Bonchev–Trinajstić information content (AvgIpc) is 2.82. The first-order valence-corrected chi connectivity index (χ1v) is 10.8. The van der Waals surface area contributed by atoms with Crippen LogP contribution in [0.15, 0.2) is 49.1 Å². The zero-order valence-electron chi connectivity index (χ0n) is 17.1. The van der Waals surface area contributed by atoms with Crippen molar-refractivity contribution in [2.75, 3.05) is 39.5 Å². The summed E-state index contributed by atoms with van der Waals surface area (Å²) in [6.07, 6.45) is 2.78. The summed E-state index contributed by atoms with van der Waals surface area (Å²) in [5.74, 6) is 0.872. The number of fused-ring (bicyclic) bond motifs is 2. The molecule has 10 heteroatoms. The van der Waals surface area contributed by atoms with Gasteiger partial charge in [-0.25, -0.2) is 19.9 Å². The highest BCUT2D eigenvalue weighted by atomic mass is 35.5. The van der Waals surface area contributed by atoms with Crippen LogP contribution in [0.2, 0.25) is 10.3 Å². The monoisotopic (exact) mass is 473 g/mol. The highest BCUT2D eigenvalue weighted by Gasteiger charge is 2.11. The van der Waals surface area contributed by atoms with Gasteiger partial charge in [-0.15, -0.1) is 0 Å². The molecule has 1 aliphatic heterocycles. The number of aromatic nitrogens is 4. The van der Waals surface area contributed by atoms with Gasteiger partial charge in [-0.3, -0.25) is 4.90 Å². The molecule has 4 aromatic rings. The van der Waals surface area contributed by atoms with E-state index in [4.69, 9.17) is 32.7 Å². The Labute approximate surface area is 194 Å². The molecule has 1 saturated heterocycles. The van der Waals surface area contributed by atoms with Crippen LogP contribution in [-0.4, -0.2) is 69.4 Å². The second-order valence-electron chi connectivity index (χ2n) is 6.96. The number of morpholine rings is 1. The lowest BCUT2D eigenvalue weighted by Crippen LogP contribution is -2.38. The molecule has 1 aliphatic rings.